The molecule has 0 fully saturated rings. The molecule has 3 aromatic carbocycles. The number of benzene rings is 3. The van der Waals surface area contributed by atoms with Gasteiger partial charge in [0.25, 0.3) is 0 Å². The summed E-state index contributed by atoms with van der Waals surface area (Å²) in [6.07, 6.45) is 6.33. The third-order valence-corrected chi connectivity index (χ3v) is 6.75. The first-order chi connectivity index (χ1) is 13.6. The van der Waals surface area contributed by atoms with Gasteiger partial charge < -0.3 is 0 Å². The van der Waals surface area contributed by atoms with E-state index >= 15 is 0 Å². The topological polar surface area (TPSA) is 0 Å². The van der Waals surface area contributed by atoms with Gasteiger partial charge in [-0.05, 0) is 23.1 Å². The van der Waals surface area contributed by atoms with E-state index in [9.17, 15) is 0 Å². The van der Waals surface area contributed by atoms with Crippen molar-refractivity contribution in [3.05, 3.63) is 108 Å². The highest BCUT2D eigenvalue weighted by Crippen LogP contribution is 2.51. The van der Waals surface area contributed by atoms with Crippen molar-refractivity contribution in [2.45, 2.75) is 63.7 Å². The summed E-state index contributed by atoms with van der Waals surface area (Å²) in [7, 11) is 0. The SMILES string of the molecule is CCCCCC[C@](C)(c1ccccc1)C(C)(c1ccccc1)c1ccccc1. The van der Waals surface area contributed by atoms with Crippen LogP contribution in [0.5, 0.6) is 0 Å². The molecule has 0 heterocycles. The van der Waals surface area contributed by atoms with Gasteiger partial charge in [-0.1, -0.05) is 137 Å². The van der Waals surface area contributed by atoms with Gasteiger partial charge in [0.15, 0.2) is 0 Å². The maximum atomic E-state index is 2.48. The van der Waals surface area contributed by atoms with Crippen LogP contribution in [-0.2, 0) is 10.8 Å². The lowest BCUT2D eigenvalue weighted by atomic mass is 9.54. The van der Waals surface area contributed by atoms with E-state index in [4.69, 9.17) is 0 Å². The highest BCUT2D eigenvalue weighted by Gasteiger charge is 2.47. The Bertz CT molecular complexity index is 780. The zero-order chi connectivity index (χ0) is 19.9. The van der Waals surface area contributed by atoms with Gasteiger partial charge in [0.2, 0.25) is 0 Å². The summed E-state index contributed by atoms with van der Waals surface area (Å²) in [5.41, 5.74) is 4.11. The Morgan fingerprint density at radius 3 is 1.39 bits per heavy atom. The molecule has 0 heteroatoms. The molecular weight excluding hydrogens is 336 g/mol. The van der Waals surface area contributed by atoms with Crippen LogP contribution in [-0.4, -0.2) is 0 Å². The van der Waals surface area contributed by atoms with Gasteiger partial charge >= 0.3 is 0 Å². The fourth-order valence-electron chi connectivity index (χ4n) is 4.74. The molecule has 146 valence electrons. The van der Waals surface area contributed by atoms with Gasteiger partial charge in [-0.25, -0.2) is 0 Å². The van der Waals surface area contributed by atoms with Crippen molar-refractivity contribution in [2.75, 3.05) is 0 Å². The van der Waals surface area contributed by atoms with Crippen LogP contribution in [0.15, 0.2) is 91.0 Å². The van der Waals surface area contributed by atoms with Crippen LogP contribution in [0.1, 0.15) is 69.6 Å². The summed E-state index contributed by atoms with van der Waals surface area (Å²) in [6.45, 7) is 7.22. The molecule has 0 saturated heterocycles. The van der Waals surface area contributed by atoms with Gasteiger partial charge in [0, 0.05) is 10.8 Å². The summed E-state index contributed by atoms with van der Waals surface area (Å²) in [6, 6.07) is 33.3. The quantitative estimate of drug-likeness (QED) is 0.336. The lowest BCUT2D eigenvalue weighted by molar-refractivity contribution is 0.271. The molecule has 1 atom stereocenters. The van der Waals surface area contributed by atoms with Crippen LogP contribution in [0.2, 0.25) is 0 Å². The fourth-order valence-corrected chi connectivity index (χ4v) is 4.74. The molecule has 0 aliphatic rings. The predicted molar refractivity (Wildman–Crippen MR) is 122 cm³/mol. The first-order valence-corrected chi connectivity index (χ1v) is 10.8. The third kappa shape index (κ3) is 3.92. The van der Waals surface area contributed by atoms with Crippen LogP contribution in [0.4, 0.5) is 0 Å². The van der Waals surface area contributed by atoms with Crippen molar-refractivity contribution in [1.82, 2.24) is 0 Å². The Labute approximate surface area is 171 Å². The van der Waals surface area contributed by atoms with E-state index in [2.05, 4.69) is 112 Å². The van der Waals surface area contributed by atoms with Crippen LogP contribution >= 0.6 is 0 Å². The van der Waals surface area contributed by atoms with E-state index in [0.29, 0.717) is 0 Å². The first kappa shape index (κ1) is 20.4. The van der Waals surface area contributed by atoms with E-state index < -0.39 is 0 Å². The second-order valence-corrected chi connectivity index (χ2v) is 8.37. The highest BCUT2D eigenvalue weighted by molar-refractivity contribution is 5.47. The molecule has 3 rings (SSSR count). The van der Waals surface area contributed by atoms with E-state index in [0.717, 1.165) is 0 Å². The third-order valence-electron chi connectivity index (χ3n) is 6.75. The number of hydrogen-bond donors (Lipinski definition) is 0. The van der Waals surface area contributed by atoms with Crippen molar-refractivity contribution in [1.29, 1.82) is 0 Å². The average Bonchev–Trinajstić information content (AvgIpc) is 2.77. The van der Waals surface area contributed by atoms with E-state index in [1.807, 2.05) is 0 Å². The Kier molecular flexibility index (Phi) is 6.73. The van der Waals surface area contributed by atoms with Gasteiger partial charge in [0.05, 0.1) is 0 Å². The zero-order valence-corrected chi connectivity index (χ0v) is 17.7. The van der Waals surface area contributed by atoms with Crippen molar-refractivity contribution in [3.63, 3.8) is 0 Å². The molecule has 0 N–H and O–H groups in total. The summed E-state index contributed by atoms with van der Waals surface area (Å²) in [4.78, 5) is 0. The molecule has 0 aliphatic carbocycles. The number of rotatable bonds is 9. The summed E-state index contributed by atoms with van der Waals surface area (Å²) >= 11 is 0. The minimum atomic E-state index is -0.108. The Morgan fingerprint density at radius 1 is 0.536 bits per heavy atom. The molecular formula is C28H34. The lowest BCUT2D eigenvalue weighted by Crippen LogP contribution is -2.46. The van der Waals surface area contributed by atoms with Crippen LogP contribution in [0, 0.1) is 0 Å². The minimum Gasteiger partial charge on any atom is -0.0654 e. The van der Waals surface area contributed by atoms with E-state index in [1.165, 1.54) is 48.8 Å². The largest absolute Gasteiger partial charge is 0.0654 e. The van der Waals surface area contributed by atoms with Gasteiger partial charge in [-0.15, -0.1) is 0 Å². The maximum Gasteiger partial charge on any atom is 0.0268 e. The molecule has 0 aliphatic heterocycles. The van der Waals surface area contributed by atoms with Gasteiger partial charge in [0.1, 0.15) is 0 Å². The Balaban J connectivity index is 2.17. The van der Waals surface area contributed by atoms with Crippen molar-refractivity contribution >= 4 is 0 Å². The molecule has 0 unspecified atom stereocenters. The Hall–Kier alpha value is -2.34. The standard InChI is InChI=1S/C28H34/c1-4-5-6-16-23-27(2,24-17-10-7-11-18-24)28(3,25-19-12-8-13-20-25)26-21-14-9-15-22-26/h7-15,17-22H,4-6,16,23H2,1-3H3/t27-/m1/s1. The molecule has 0 bridgehead atoms. The normalized spacial score (nSPS) is 13.8. The van der Waals surface area contributed by atoms with Crippen molar-refractivity contribution in [2.24, 2.45) is 0 Å². The molecule has 0 aromatic heterocycles. The summed E-state index contributed by atoms with van der Waals surface area (Å²) < 4.78 is 0. The van der Waals surface area contributed by atoms with Crippen LogP contribution < -0.4 is 0 Å². The lowest BCUT2D eigenvalue weighted by Gasteiger charge is -2.48. The van der Waals surface area contributed by atoms with E-state index in [1.54, 1.807) is 0 Å². The number of unbranched alkanes of at least 4 members (excludes halogenated alkanes) is 3. The fraction of sp³-hybridized carbons (Fsp3) is 0.357. The molecule has 0 saturated carbocycles. The predicted octanol–water partition coefficient (Wildman–Crippen LogP) is 7.92. The molecule has 0 radical (unpaired) electrons. The van der Waals surface area contributed by atoms with Gasteiger partial charge in [-0.3, -0.25) is 0 Å². The van der Waals surface area contributed by atoms with Crippen LogP contribution in [0.25, 0.3) is 0 Å². The second kappa shape index (κ2) is 9.24. The van der Waals surface area contributed by atoms with Gasteiger partial charge in [-0.2, -0.15) is 0 Å². The summed E-state index contributed by atoms with van der Waals surface area (Å²) in [5.74, 6) is 0. The van der Waals surface area contributed by atoms with Crippen LogP contribution in [0.3, 0.4) is 0 Å². The molecule has 0 spiro atoms. The second-order valence-electron chi connectivity index (χ2n) is 8.37. The Morgan fingerprint density at radius 2 is 0.964 bits per heavy atom. The van der Waals surface area contributed by atoms with Crippen molar-refractivity contribution in [3.8, 4) is 0 Å². The van der Waals surface area contributed by atoms with E-state index in [-0.39, 0.29) is 10.8 Å². The molecule has 3 aromatic rings. The zero-order valence-electron chi connectivity index (χ0n) is 17.7. The average molecular weight is 371 g/mol. The smallest absolute Gasteiger partial charge is 0.0268 e. The monoisotopic (exact) mass is 370 g/mol. The minimum absolute atomic E-state index is 0.00467. The summed E-state index contributed by atoms with van der Waals surface area (Å²) in [5, 5.41) is 0. The maximum absolute atomic E-state index is 2.48. The first-order valence-electron chi connectivity index (χ1n) is 10.8. The van der Waals surface area contributed by atoms with Crippen molar-refractivity contribution < 1.29 is 0 Å². The molecule has 0 amide bonds. The molecule has 0 nitrogen and oxygen atoms in total. The molecule has 28 heavy (non-hydrogen) atoms. The highest BCUT2D eigenvalue weighted by atomic mass is 14.5. The number of hydrogen-bond acceptors (Lipinski definition) is 0.